The molecule has 0 aromatic rings. The van der Waals surface area contributed by atoms with E-state index in [1.165, 1.54) is 44.9 Å². The van der Waals surface area contributed by atoms with E-state index < -0.39 is 97.5 Å². The van der Waals surface area contributed by atoms with Gasteiger partial charge in [-0.1, -0.05) is 287 Å². The molecule has 0 aromatic heterocycles. The Morgan fingerprint density at radius 2 is 0.547 bits per heavy atom. The van der Waals surface area contributed by atoms with Gasteiger partial charge in [-0.15, -0.1) is 0 Å². The maximum absolute atomic E-state index is 13.1. The van der Waals surface area contributed by atoms with E-state index in [1.807, 2.05) is 36.5 Å². The Hall–Kier alpha value is -5.84. The summed E-state index contributed by atoms with van der Waals surface area (Å²) in [7, 11) is -10.0. The first-order valence-electron chi connectivity index (χ1n) is 40.0. The second-order valence-corrected chi connectivity index (χ2v) is 28.8. The Kier molecular flexibility index (Phi) is 73.1. The summed E-state index contributed by atoms with van der Waals surface area (Å²) >= 11 is 0. The quantitative estimate of drug-likeness (QED) is 0.0169. The van der Waals surface area contributed by atoms with E-state index in [2.05, 4.69) is 167 Å². The van der Waals surface area contributed by atoms with Crippen LogP contribution < -0.4 is 0 Å². The zero-order valence-electron chi connectivity index (χ0n) is 65.5. The van der Waals surface area contributed by atoms with Gasteiger partial charge in [-0.25, -0.2) is 9.13 Å². The Labute approximate surface area is 641 Å². The molecule has 0 aliphatic rings. The molecular weight excluding hydrogens is 1380 g/mol. The normalized spacial score (nSPS) is 14.8. The molecule has 0 bridgehead atoms. The van der Waals surface area contributed by atoms with Crippen molar-refractivity contribution in [3.63, 3.8) is 0 Å². The highest BCUT2D eigenvalue weighted by Gasteiger charge is 2.30. The zero-order chi connectivity index (χ0) is 77.4. The molecule has 3 N–H and O–H groups in total. The molecule has 19 heteroatoms. The van der Waals surface area contributed by atoms with Crippen molar-refractivity contribution in [3.8, 4) is 0 Å². The Morgan fingerprint density at radius 1 is 0.283 bits per heavy atom. The van der Waals surface area contributed by atoms with E-state index >= 15 is 0 Å². The molecule has 0 aliphatic carbocycles. The maximum Gasteiger partial charge on any atom is 0.472 e. The van der Waals surface area contributed by atoms with E-state index in [9.17, 15) is 43.2 Å². The number of carbonyl (C=O) groups is 4. The van der Waals surface area contributed by atoms with Crippen LogP contribution in [0.4, 0.5) is 0 Å². The number of aliphatic hydroxyl groups excluding tert-OH is 1. The lowest BCUT2D eigenvalue weighted by atomic mass is 10.1. The second kappa shape index (κ2) is 77.3. The summed E-state index contributed by atoms with van der Waals surface area (Å²) in [6.45, 7) is 4.36. The van der Waals surface area contributed by atoms with Crippen molar-refractivity contribution < 1.29 is 80.2 Å². The molecule has 0 aliphatic heterocycles. The van der Waals surface area contributed by atoms with Crippen molar-refractivity contribution in [3.05, 3.63) is 182 Å². The molecule has 5 unspecified atom stereocenters. The van der Waals surface area contributed by atoms with Crippen molar-refractivity contribution in [2.75, 3.05) is 39.6 Å². The van der Waals surface area contributed by atoms with Crippen LogP contribution in [-0.2, 0) is 65.4 Å². The molecule has 0 saturated carbocycles. The third kappa shape index (κ3) is 76.4. The molecule has 600 valence electrons. The van der Waals surface area contributed by atoms with Crippen LogP contribution in [0.2, 0.25) is 0 Å². The summed E-state index contributed by atoms with van der Waals surface area (Å²) in [5.74, 6) is -2.46. The molecule has 0 amide bonds. The summed E-state index contributed by atoms with van der Waals surface area (Å²) in [5, 5.41) is 10.6. The second-order valence-electron chi connectivity index (χ2n) is 25.9. The molecule has 0 spiro atoms. The van der Waals surface area contributed by atoms with E-state index in [-0.39, 0.29) is 25.7 Å². The van der Waals surface area contributed by atoms with E-state index in [4.69, 9.17) is 37.0 Å². The van der Waals surface area contributed by atoms with Crippen molar-refractivity contribution in [2.45, 2.75) is 303 Å². The molecule has 0 radical (unpaired) electrons. The van der Waals surface area contributed by atoms with E-state index in [0.29, 0.717) is 32.1 Å². The predicted molar refractivity (Wildman–Crippen MR) is 436 cm³/mol. The number of phosphoric ester groups is 2. The molecule has 0 rings (SSSR count). The maximum atomic E-state index is 13.1. The van der Waals surface area contributed by atoms with Crippen molar-refractivity contribution >= 4 is 39.5 Å². The molecule has 5 atom stereocenters. The van der Waals surface area contributed by atoms with E-state index in [0.717, 1.165) is 154 Å². The average molecular weight is 1520 g/mol. The molecule has 106 heavy (non-hydrogen) atoms. The number of unbranched alkanes of at least 4 members (excludes halogenated alkanes) is 18. The third-order valence-corrected chi connectivity index (χ3v) is 17.8. The number of esters is 4. The molecule has 0 fully saturated rings. The number of rotatable bonds is 73. The zero-order valence-corrected chi connectivity index (χ0v) is 67.3. The van der Waals surface area contributed by atoms with Crippen molar-refractivity contribution in [2.24, 2.45) is 0 Å². The van der Waals surface area contributed by atoms with Crippen LogP contribution >= 0.6 is 15.6 Å². The van der Waals surface area contributed by atoms with Gasteiger partial charge in [-0.2, -0.15) is 0 Å². The third-order valence-electron chi connectivity index (χ3n) is 15.9. The van der Waals surface area contributed by atoms with Gasteiger partial charge >= 0.3 is 39.5 Å². The van der Waals surface area contributed by atoms with Crippen LogP contribution in [0, 0.1) is 0 Å². The van der Waals surface area contributed by atoms with Gasteiger partial charge in [0.05, 0.1) is 32.8 Å². The highest BCUT2D eigenvalue weighted by molar-refractivity contribution is 7.47. The Morgan fingerprint density at radius 3 is 0.906 bits per heavy atom. The number of ether oxygens (including phenoxy) is 4. The van der Waals surface area contributed by atoms with Crippen LogP contribution in [-0.4, -0.2) is 96.7 Å². The van der Waals surface area contributed by atoms with Gasteiger partial charge in [0, 0.05) is 19.3 Å². The van der Waals surface area contributed by atoms with Gasteiger partial charge in [-0.05, 0) is 154 Å². The largest absolute Gasteiger partial charge is 0.472 e. The summed E-state index contributed by atoms with van der Waals surface area (Å²) in [6, 6.07) is 0. The minimum atomic E-state index is -5.01. The molecule has 0 heterocycles. The molecule has 17 nitrogen and oxygen atoms in total. The molecule has 0 saturated heterocycles. The van der Waals surface area contributed by atoms with Gasteiger partial charge in [0.1, 0.15) is 19.3 Å². The average Bonchev–Trinajstić information content (AvgIpc) is 0.903. The number of carbonyl (C=O) groups excluding carboxylic acids is 4. The van der Waals surface area contributed by atoms with Crippen LogP contribution in [0.25, 0.3) is 0 Å². The van der Waals surface area contributed by atoms with E-state index in [1.54, 1.807) is 6.08 Å². The molecule has 0 aromatic carbocycles. The first-order valence-corrected chi connectivity index (χ1v) is 43.0. The standard InChI is InChI=1S/C87H140O17P2/c1-5-9-13-17-21-25-29-33-36-38-40-42-45-49-52-56-60-64-68-72-85(90)98-78-83(104-87(92)74-70-66-62-58-54-50-46-43-41-39-37-34-30-26-22-18-14-10-6-2)80-102-106(95,96)100-76-81(88)75-99-105(93,94)101-79-82(103-86(91)73-69-65-61-57-53-47-32-28-24-20-16-12-8-4)77-97-84(89)71-67-63-59-55-51-48-44-35-31-27-23-19-15-11-7-3/h9,11,13,15,21-23,25-28,32-37,40-44,49,51-52,55,60,63-64,67,81-83,88H,5-8,10,12,14,16-20,24,29-31,38-39,45-48,50,53-54,56-59,61-62,65-66,68-80H2,1-4H3,(H,93,94)(H,95,96)/b13-9-,15-11-,25-21-,26-22-,27-23-,32-28-,36-33-,37-34-,42-40-,43-41-,44-35-,52-49-,55-51-,64-60-,67-63-. The first kappa shape index (κ1) is 100. The van der Waals surface area contributed by atoms with Crippen molar-refractivity contribution in [1.82, 2.24) is 0 Å². The minimum Gasteiger partial charge on any atom is -0.462 e. The number of hydrogen-bond donors (Lipinski definition) is 3. The Balaban J connectivity index is 5.52. The van der Waals surface area contributed by atoms with Crippen LogP contribution in [0.1, 0.15) is 285 Å². The van der Waals surface area contributed by atoms with Gasteiger partial charge in [0.2, 0.25) is 0 Å². The number of allylic oxidation sites excluding steroid dienone is 29. The number of phosphoric acid groups is 2. The summed E-state index contributed by atoms with van der Waals surface area (Å²) in [4.78, 5) is 72.9. The summed E-state index contributed by atoms with van der Waals surface area (Å²) in [5.41, 5.74) is 0. The van der Waals surface area contributed by atoms with Gasteiger partial charge in [0.15, 0.2) is 12.2 Å². The predicted octanol–water partition coefficient (Wildman–Crippen LogP) is 23.6. The highest BCUT2D eigenvalue weighted by Crippen LogP contribution is 2.45. The lowest BCUT2D eigenvalue weighted by Gasteiger charge is -2.21. The fourth-order valence-electron chi connectivity index (χ4n) is 9.85. The smallest absolute Gasteiger partial charge is 0.462 e. The first-order chi connectivity index (χ1) is 51.7. The highest BCUT2D eigenvalue weighted by atomic mass is 31.2. The fourth-order valence-corrected chi connectivity index (χ4v) is 11.4. The number of aliphatic hydroxyl groups is 1. The molecular formula is C87H140O17P2. The van der Waals surface area contributed by atoms with Gasteiger partial charge in [0.25, 0.3) is 0 Å². The minimum absolute atomic E-state index is 0.0245. The SMILES string of the molecule is CC/C=C\C/C=C\C/C=C\C/C=C\C/C=C\C/C=C\CCC(=O)OCC(COP(=O)(O)OCC(O)COP(=O)(O)OCC(COC(=O)C/C=C\C/C=C\C/C=C\C/C=C\C/C=C\CC)OC(=O)CCCCCCC/C=C\CCCCCC)OC(=O)CCCCCCCC/C=C\C/C=C\C/C=C\CCCCC. The van der Waals surface area contributed by atoms with Gasteiger partial charge < -0.3 is 33.8 Å². The summed E-state index contributed by atoms with van der Waals surface area (Å²) in [6.07, 6.45) is 93.5. The fraction of sp³-hybridized carbons (Fsp3) is 0.609. The summed E-state index contributed by atoms with van der Waals surface area (Å²) < 4.78 is 68.4. The topological polar surface area (TPSA) is 237 Å². The van der Waals surface area contributed by atoms with Gasteiger partial charge in [-0.3, -0.25) is 37.3 Å². The van der Waals surface area contributed by atoms with Crippen LogP contribution in [0.5, 0.6) is 0 Å². The lowest BCUT2D eigenvalue weighted by molar-refractivity contribution is -0.161. The lowest BCUT2D eigenvalue weighted by Crippen LogP contribution is -2.30. The van der Waals surface area contributed by atoms with Crippen LogP contribution in [0.3, 0.4) is 0 Å². The monoisotopic (exact) mass is 1520 g/mol. The Bertz CT molecular complexity index is 2730. The number of hydrogen-bond acceptors (Lipinski definition) is 15. The van der Waals surface area contributed by atoms with Crippen molar-refractivity contribution in [1.29, 1.82) is 0 Å². The van der Waals surface area contributed by atoms with Crippen LogP contribution in [0.15, 0.2) is 182 Å².